The highest BCUT2D eigenvalue weighted by Crippen LogP contribution is 2.29. The Bertz CT molecular complexity index is 692. The molecule has 0 bridgehead atoms. The van der Waals surface area contributed by atoms with Gasteiger partial charge in [0.05, 0.1) is 12.3 Å². The van der Waals surface area contributed by atoms with Crippen molar-refractivity contribution in [2.45, 2.75) is 6.92 Å². The fraction of sp³-hybridized carbons (Fsp3) is 0.118. The predicted octanol–water partition coefficient (Wildman–Crippen LogP) is 4.30. The van der Waals surface area contributed by atoms with Crippen LogP contribution in [0.5, 0.6) is 5.88 Å². The van der Waals surface area contributed by atoms with Crippen molar-refractivity contribution in [1.29, 1.82) is 0 Å². The molecule has 94 valence electrons. The number of ether oxygens (including phenoxy) is 1. The van der Waals surface area contributed by atoms with Crippen LogP contribution in [-0.4, -0.2) is 11.6 Å². The predicted molar refractivity (Wildman–Crippen MR) is 78.3 cm³/mol. The summed E-state index contributed by atoms with van der Waals surface area (Å²) < 4.78 is 5.56. The molecule has 0 amide bonds. The van der Waals surface area contributed by atoms with E-state index in [-0.39, 0.29) is 0 Å². The lowest BCUT2D eigenvalue weighted by molar-refractivity contribution is 0.328. The average molecular weight is 249 g/mol. The van der Waals surface area contributed by atoms with Gasteiger partial charge in [0.25, 0.3) is 0 Å². The summed E-state index contributed by atoms with van der Waals surface area (Å²) in [5.74, 6) is 0.681. The molecule has 3 aromatic rings. The van der Waals surface area contributed by atoms with Gasteiger partial charge in [0.15, 0.2) is 0 Å². The summed E-state index contributed by atoms with van der Waals surface area (Å²) >= 11 is 0. The molecule has 0 unspecified atom stereocenters. The SMILES string of the molecule is CCOc1cc2ccccc2c(-c2ccccc2)n1. The molecule has 2 nitrogen and oxygen atoms in total. The number of hydrogen-bond donors (Lipinski definition) is 0. The van der Waals surface area contributed by atoms with Gasteiger partial charge in [-0.1, -0.05) is 54.6 Å². The second-order valence-corrected chi connectivity index (χ2v) is 4.33. The van der Waals surface area contributed by atoms with Gasteiger partial charge in [0.2, 0.25) is 5.88 Å². The van der Waals surface area contributed by atoms with Gasteiger partial charge in [-0.2, -0.15) is 0 Å². The summed E-state index contributed by atoms with van der Waals surface area (Å²) in [5, 5.41) is 2.30. The molecule has 19 heavy (non-hydrogen) atoms. The largest absolute Gasteiger partial charge is 0.478 e. The first kappa shape index (κ1) is 11.7. The Morgan fingerprint density at radius 3 is 2.47 bits per heavy atom. The van der Waals surface area contributed by atoms with Crippen molar-refractivity contribution in [3.05, 3.63) is 60.7 Å². The van der Waals surface area contributed by atoms with E-state index in [1.165, 1.54) is 0 Å². The van der Waals surface area contributed by atoms with E-state index in [4.69, 9.17) is 4.74 Å². The van der Waals surface area contributed by atoms with Gasteiger partial charge in [0.1, 0.15) is 0 Å². The van der Waals surface area contributed by atoms with Crippen molar-refractivity contribution in [1.82, 2.24) is 4.98 Å². The molecule has 0 aliphatic rings. The number of hydrogen-bond acceptors (Lipinski definition) is 2. The van der Waals surface area contributed by atoms with Gasteiger partial charge in [-0.3, -0.25) is 0 Å². The Morgan fingerprint density at radius 1 is 0.947 bits per heavy atom. The number of fused-ring (bicyclic) bond motifs is 1. The summed E-state index contributed by atoms with van der Waals surface area (Å²) in [6.45, 7) is 2.60. The van der Waals surface area contributed by atoms with Crippen LogP contribution in [-0.2, 0) is 0 Å². The van der Waals surface area contributed by atoms with E-state index in [0.29, 0.717) is 12.5 Å². The van der Waals surface area contributed by atoms with E-state index in [9.17, 15) is 0 Å². The summed E-state index contributed by atoms with van der Waals surface area (Å²) in [7, 11) is 0. The first-order valence-corrected chi connectivity index (χ1v) is 6.46. The first-order valence-electron chi connectivity index (χ1n) is 6.46. The molecule has 2 aromatic carbocycles. The molecule has 0 radical (unpaired) electrons. The zero-order chi connectivity index (χ0) is 13.1. The molecule has 2 heteroatoms. The van der Waals surface area contributed by atoms with Gasteiger partial charge in [-0.15, -0.1) is 0 Å². The van der Waals surface area contributed by atoms with E-state index >= 15 is 0 Å². The standard InChI is InChI=1S/C17H15NO/c1-2-19-16-12-14-10-6-7-11-15(14)17(18-16)13-8-4-3-5-9-13/h3-12H,2H2,1H3. The third-order valence-electron chi connectivity index (χ3n) is 3.06. The highest BCUT2D eigenvalue weighted by Gasteiger charge is 2.08. The van der Waals surface area contributed by atoms with Crippen LogP contribution in [0, 0.1) is 0 Å². The summed E-state index contributed by atoms with van der Waals surface area (Å²) in [6, 6.07) is 20.5. The number of nitrogens with zero attached hydrogens (tertiary/aromatic N) is 1. The van der Waals surface area contributed by atoms with Crippen molar-refractivity contribution >= 4 is 10.8 Å². The van der Waals surface area contributed by atoms with Crippen LogP contribution in [0.1, 0.15) is 6.92 Å². The maximum Gasteiger partial charge on any atom is 0.214 e. The number of rotatable bonds is 3. The highest BCUT2D eigenvalue weighted by molar-refractivity contribution is 5.95. The minimum Gasteiger partial charge on any atom is -0.478 e. The Hall–Kier alpha value is -2.35. The third-order valence-corrected chi connectivity index (χ3v) is 3.06. The fourth-order valence-corrected chi connectivity index (χ4v) is 2.21. The molecule has 1 heterocycles. The Kier molecular flexibility index (Phi) is 3.15. The summed E-state index contributed by atoms with van der Waals surface area (Å²) in [6.07, 6.45) is 0. The first-order chi connectivity index (χ1) is 9.38. The highest BCUT2D eigenvalue weighted by atomic mass is 16.5. The monoisotopic (exact) mass is 249 g/mol. The second kappa shape index (κ2) is 5.11. The Balaban J connectivity index is 2.26. The lowest BCUT2D eigenvalue weighted by Crippen LogP contribution is -1.96. The Labute approximate surface area is 112 Å². The maximum atomic E-state index is 5.56. The van der Waals surface area contributed by atoms with Crippen molar-refractivity contribution in [3.63, 3.8) is 0 Å². The van der Waals surface area contributed by atoms with Crippen LogP contribution < -0.4 is 4.74 Å². The molecular formula is C17H15NO. The molecule has 0 spiro atoms. The number of pyridine rings is 1. The van der Waals surface area contributed by atoms with Gasteiger partial charge < -0.3 is 4.74 Å². The zero-order valence-corrected chi connectivity index (χ0v) is 10.8. The minimum absolute atomic E-state index is 0.625. The molecule has 0 atom stereocenters. The second-order valence-electron chi connectivity index (χ2n) is 4.33. The lowest BCUT2D eigenvalue weighted by Gasteiger charge is -2.09. The van der Waals surface area contributed by atoms with Gasteiger partial charge in [0, 0.05) is 17.0 Å². The topological polar surface area (TPSA) is 22.1 Å². The van der Waals surface area contributed by atoms with E-state index in [1.807, 2.05) is 43.3 Å². The zero-order valence-electron chi connectivity index (χ0n) is 10.8. The quantitative estimate of drug-likeness (QED) is 0.690. The van der Waals surface area contributed by atoms with Crippen molar-refractivity contribution < 1.29 is 4.74 Å². The molecule has 3 rings (SSSR count). The average Bonchev–Trinajstić information content (AvgIpc) is 2.48. The molecule has 0 aliphatic carbocycles. The normalized spacial score (nSPS) is 10.6. The number of aromatic nitrogens is 1. The van der Waals surface area contributed by atoms with Crippen LogP contribution in [0.15, 0.2) is 60.7 Å². The van der Waals surface area contributed by atoms with Crippen LogP contribution in [0.3, 0.4) is 0 Å². The van der Waals surface area contributed by atoms with Crippen molar-refractivity contribution in [2.75, 3.05) is 6.61 Å². The minimum atomic E-state index is 0.625. The molecule has 0 N–H and O–H groups in total. The van der Waals surface area contributed by atoms with Crippen LogP contribution >= 0.6 is 0 Å². The summed E-state index contributed by atoms with van der Waals surface area (Å²) in [4.78, 5) is 4.64. The van der Waals surface area contributed by atoms with Crippen LogP contribution in [0.2, 0.25) is 0 Å². The molecule has 0 saturated carbocycles. The van der Waals surface area contributed by atoms with E-state index in [2.05, 4.69) is 29.2 Å². The maximum absolute atomic E-state index is 5.56. The van der Waals surface area contributed by atoms with E-state index in [1.54, 1.807) is 0 Å². The Morgan fingerprint density at radius 2 is 1.68 bits per heavy atom. The van der Waals surface area contributed by atoms with Gasteiger partial charge in [-0.25, -0.2) is 4.98 Å². The van der Waals surface area contributed by atoms with Crippen molar-refractivity contribution in [2.24, 2.45) is 0 Å². The van der Waals surface area contributed by atoms with Crippen molar-refractivity contribution in [3.8, 4) is 17.1 Å². The third kappa shape index (κ3) is 2.29. The van der Waals surface area contributed by atoms with Crippen LogP contribution in [0.25, 0.3) is 22.0 Å². The summed E-state index contributed by atoms with van der Waals surface area (Å²) in [5.41, 5.74) is 2.09. The van der Waals surface area contributed by atoms with Crippen LogP contribution in [0.4, 0.5) is 0 Å². The molecule has 0 fully saturated rings. The smallest absolute Gasteiger partial charge is 0.214 e. The molecule has 0 aliphatic heterocycles. The van der Waals surface area contributed by atoms with Gasteiger partial charge in [-0.05, 0) is 12.3 Å². The number of benzene rings is 2. The van der Waals surface area contributed by atoms with Gasteiger partial charge >= 0.3 is 0 Å². The molecule has 0 saturated heterocycles. The van der Waals surface area contributed by atoms with E-state index in [0.717, 1.165) is 22.0 Å². The lowest BCUT2D eigenvalue weighted by atomic mass is 10.0. The molecular weight excluding hydrogens is 234 g/mol. The molecule has 1 aromatic heterocycles. The fourth-order valence-electron chi connectivity index (χ4n) is 2.21. The van der Waals surface area contributed by atoms with E-state index < -0.39 is 0 Å².